The van der Waals surface area contributed by atoms with Crippen LogP contribution in [0.25, 0.3) is 21.8 Å². The van der Waals surface area contributed by atoms with E-state index in [1.165, 1.54) is 108 Å². The highest BCUT2D eigenvalue weighted by atomic mass is 32.2. The second kappa shape index (κ2) is 30.0. The molecule has 107 heavy (non-hydrogen) atoms. The van der Waals surface area contributed by atoms with Crippen molar-refractivity contribution in [2.24, 2.45) is 5.14 Å². The van der Waals surface area contributed by atoms with Crippen molar-refractivity contribution in [1.29, 1.82) is 0 Å². The van der Waals surface area contributed by atoms with E-state index in [-0.39, 0.29) is 62.2 Å². The fourth-order valence-corrected chi connectivity index (χ4v) is 14.5. The Labute approximate surface area is 601 Å². The Bertz CT molecular complexity index is 5010. The summed E-state index contributed by atoms with van der Waals surface area (Å²) < 4.78 is 251. The van der Waals surface area contributed by atoms with Gasteiger partial charge < -0.3 is 52.8 Å². The number of rotatable bonds is 23. The van der Waals surface area contributed by atoms with Crippen molar-refractivity contribution in [2.45, 2.75) is 99.7 Å². The zero-order valence-corrected chi connectivity index (χ0v) is 58.7. The molecule has 0 bridgehead atoms. The van der Waals surface area contributed by atoms with Crippen LogP contribution in [0.4, 0.5) is 64.1 Å². The number of aryl methyl sites for hydroxylation is 2. The number of hydrogen-bond acceptors (Lipinski definition) is 18. The van der Waals surface area contributed by atoms with Crippen LogP contribution < -0.4 is 57.6 Å². The molecular weight excluding hydrogens is 1490 g/mol. The standard InChI is InChI=1S/C35H31F6N3O8S.C23H19F6N3O5S.C12H14O4/c1-19-14-20(16-53(47,48)43-32(46)33(11-12-33)27-24(49-2)7-4-8-25(27)50-3)9-10-23(19)44-15-22-26(31(44)45)29(51-17-34(36,37)38)21-6-5-13-42-28(21)30(22)52-18-35(39,40)41;1-12-7-13(9-38(30,34)35)4-5-16(12)32-8-15-17(21(32)33)20(37-11-23(27,28)29)18-14(3-2-6-31-18)19(15)36-10-22(24,25)26;1-15-8-4-3-5-9(16-2)10(8)12(6-7-12)11(13)14/h4-10,13-14H,11-12,15-18H2,1-3H3,(H,43,46);2-7H,8-11H2,1H3,(H2,30,34,35);3-5H,6-7H2,1-2H3,(H,13,14). The summed E-state index contributed by atoms with van der Waals surface area (Å²) in [5.41, 5.74) is -0.849. The zero-order valence-electron chi connectivity index (χ0n) is 57.1. The van der Waals surface area contributed by atoms with Crippen molar-refractivity contribution < 1.29 is 132 Å². The van der Waals surface area contributed by atoms with Gasteiger partial charge in [-0.2, -0.15) is 52.7 Å². The van der Waals surface area contributed by atoms with Crippen LogP contribution in [0.1, 0.15) is 90.9 Å². The van der Waals surface area contributed by atoms with Crippen molar-refractivity contribution in [1.82, 2.24) is 14.7 Å². The maximum atomic E-state index is 13.9. The number of pyridine rings is 2. The van der Waals surface area contributed by atoms with E-state index in [0.717, 1.165) is 9.80 Å². The molecule has 12 rings (SSSR count). The number of hydrogen-bond donors (Lipinski definition) is 3. The lowest BCUT2D eigenvalue weighted by atomic mass is 9.93. The van der Waals surface area contributed by atoms with E-state index in [1.54, 1.807) is 43.3 Å². The quantitative estimate of drug-likeness (QED) is 0.0501. The van der Waals surface area contributed by atoms with E-state index in [0.29, 0.717) is 76.5 Å². The van der Waals surface area contributed by atoms with Crippen LogP contribution in [0.15, 0.2) is 109 Å². The van der Waals surface area contributed by atoms with Crippen LogP contribution in [0.3, 0.4) is 0 Å². The van der Waals surface area contributed by atoms with Crippen LogP contribution in [0.2, 0.25) is 0 Å². The first-order valence-corrected chi connectivity index (χ1v) is 35.1. The summed E-state index contributed by atoms with van der Waals surface area (Å²) in [7, 11) is -2.22. The first kappa shape index (κ1) is 79.0. The molecule has 4 N–H and O–H groups in total. The van der Waals surface area contributed by atoms with Gasteiger partial charge in [0.25, 0.3) is 11.8 Å². The number of nitrogens with one attached hydrogen (secondary N) is 1. The molecular formula is C70H64F12N6O17S2. The number of halogens is 12. The van der Waals surface area contributed by atoms with Gasteiger partial charge in [-0.25, -0.2) is 22.0 Å². The molecule has 37 heteroatoms. The van der Waals surface area contributed by atoms with Gasteiger partial charge in [-0.15, -0.1) is 0 Å². The van der Waals surface area contributed by atoms with E-state index in [9.17, 15) is 93.8 Å². The van der Waals surface area contributed by atoms with Gasteiger partial charge in [0.15, 0.2) is 37.9 Å². The predicted octanol–water partition coefficient (Wildman–Crippen LogP) is 12.5. The summed E-state index contributed by atoms with van der Waals surface area (Å²) in [5, 5.41) is 14.1. The van der Waals surface area contributed by atoms with Gasteiger partial charge in [-0.3, -0.25) is 33.9 Å². The molecule has 572 valence electrons. The Hall–Kier alpha value is -10.6. The number of carbonyl (C=O) groups excluding carboxylic acids is 3. The fourth-order valence-electron chi connectivity index (χ4n) is 12.7. The number of fused-ring (bicyclic) bond motifs is 4. The number of methoxy groups -OCH3 is 4. The minimum atomic E-state index is -4.82. The summed E-state index contributed by atoms with van der Waals surface area (Å²) in [5.74, 6) is -4.43. The normalized spacial score (nSPS) is 15.1. The van der Waals surface area contributed by atoms with Gasteiger partial charge in [-0.05, 0) is 122 Å². The lowest BCUT2D eigenvalue weighted by molar-refractivity contribution is -0.154. The molecule has 6 aromatic carbocycles. The van der Waals surface area contributed by atoms with E-state index in [2.05, 4.69) is 14.7 Å². The maximum absolute atomic E-state index is 13.9. The number of sulfonamides is 2. The first-order valence-electron chi connectivity index (χ1n) is 31.8. The molecule has 0 unspecified atom stereocenters. The molecule has 2 aliphatic carbocycles. The minimum absolute atomic E-state index is 0.0671. The van der Waals surface area contributed by atoms with Gasteiger partial charge in [0, 0.05) is 45.7 Å². The highest BCUT2D eigenvalue weighted by Crippen LogP contribution is 2.57. The van der Waals surface area contributed by atoms with Gasteiger partial charge in [-0.1, -0.05) is 36.4 Å². The van der Waals surface area contributed by atoms with E-state index in [1.807, 2.05) is 0 Å². The largest absolute Gasteiger partial charge is 0.496 e. The number of alkyl halides is 12. The number of benzene rings is 6. The number of aromatic nitrogens is 2. The summed E-state index contributed by atoms with van der Waals surface area (Å²) in [6.45, 7) is -4.76. The number of carbonyl (C=O) groups is 4. The Morgan fingerprint density at radius 2 is 0.879 bits per heavy atom. The number of primary sulfonamides is 1. The lowest BCUT2D eigenvalue weighted by Gasteiger charge is -2.21. The second-order valence-electron chi connectivity index (χ2n) is 25.0. The van der Waals surface area contributed by atoms with Gasteiger partial charge in [0.1, 0.15) is 50.9 Å². The molecule has 2 aliphatic heterocycles. The third-order valence-electron chi connectivity index (χ3n) is 17.4. The van der Waals surface area contributed by atoms with Crippen LogP contribution in [-0.2, 0) is 65.1 Å². The highest BCUT2D eigenvalue weighted by molar-refractivity contribution is 7.89. The van der Waals surface area contributed by atoms with Gasteiger partial charge in [0.2, 0.25) is 26.0 Å². The van der Waals surface area contributed by atoms with Crippen molar-refractivity contribution in [3.63, 3.8) is 0 Å². The summed E-state index contributed by atoms with van der Waals surface area (Å²) in [6.07, 6.45) is -14.8. The predicted molar refractivity (Wildman–Crippen MR) is 359 cm³/mol. The van der Waals surface area contributed by atoms with Crippen molar-refractivity contribution in [3.8, 4) is 46.0 Å². The summed E-state index contributed by atoms with van der Waals surface area (Å²) >= 11 is 0. The Kier molecular flexibility index (Phi) is 22.2. The fraction of sp³-hybridized carbons (Fsp3) is 0.343. The molecule has 2 aromatic heterocycles. The molecule has 23 nitrogen and oxygen atoms in total. The Morgan fingerprint density at radius 3 is 1.27 bits per heavy atom. The monoisotopic (exact) mass is 1550 g/mol. The third kappa shape index (κ3) is 17.5. The van der Waals surface area contributed by atoms with E-state index < -0.39 is 152 Å². The lowest BCUT2D eigenvalue weighted by Crippen LogP contribution is -2.39. The molecule has 8 aromatic rings. The second-order valence-corrected chi connectivity index (χ2v) is 28.3. The van der Waals surface area contributed by atoms with Crippen molar-refractivity contribution in [3.05, 3.63) is 165 Å². The van der Waals surface area contributed by atoms with E-state index >= 15 is 0 Å². The number of anilines is 2. The first-order chi connectivity index (χ1) is 50.1. The van der Waals surface area contributed by atoms with Crippen molar-refractivity contribution in [2.75, 3.05) is 64.7 Å². The number of carboxylic acids is 1. The van der Waals surface area contributed by atoms with Gasteiger partial charge >= 0.3 is 30.7 Å². The topological polar surface area (TPSA) is 301 Å². The van der Waals surface area contributed by atoms with Crippen LogP contribution in [-0.4, -0.2) is 135 Å². The third-order valence-corrected chi connectivity index (χ3v) is 19.4. The molecule has 2 fully saturated rings. The van der Waals surface area contributed by atoms with E-state index in [4.69, 9.17) is 43.0 Å². The number of carboxylic acid groups (broad SMARTS) is 1. The minimum Gasteiger partial charge on any atom is -0.496 e. The average molecular weight is 1550 g/mol. The number of aliphatic carboxylic acids is 1. The molecule has 0 radical (unpaired) electrons. The summed E-state index contributed by atoms with van der Waals surface area (Å²) in [6, 6.07) is 23.9. The molecule has 2 saturated carbocycles. The molecule has 0 atom stereocenters. The number of nitrogens with two attached hydrogens (primary N) is 1. The highest BCUT2D eigenvalue weighted by Gasteiger charge is 2.57. The Balaban J connectivity index is 0.000000196. The van der Waals surface area contributed by atoms with Gasteiger partial charge in [0.05, 0.1) is 80.7 Å². The van der Waals surface area contributed by atoms with Crippen molar-refractivity contribution >= 4 is 76.9 Å². The van der Waals surface area contributed by atoms with Crippen LogP contribution >= 0.6 is 0 Å². The maximum Gasteiger partial charge on any atom is 0.422 e. The Morgan fingerprint density at radius 1 is 0.514 bits per heavy atom. The summed E-state index contributed by atoms with van der Waals surface area (Å²) in [4.78, 5) is 62.5. The molecule has 0 spiro atoms. The molecule has 3 amide bonds. The SMILES string of the molecule is COc1cccc(OC)c1C1(C(=O)NS(=O)(=O)Cc2ccc(N3Cc4c(c(OCC(F)(F)F)c5cccnc5c4OCC(F)(F)F)C3=O)c(C)c2)CC1.COc1cccc(OC)c1C1(C(=O)O)CC1.Cc1cc(CS(N)(=O)=O)ccc1N1Cc2c(c(OCC(F)(F)F)c3ncccc3c2OCC(F)(F)F)C1=O. The van der Waals surface area contributed by atoms with Crippen LogP contribution in [0.5, 0.6) is 46.0 Å². The number of ether oxygens (including phenoxy) is 8. The zero-order chi connectivity index (χ0) is 78.3. The molecule has 4 aliphatic rings. The average Bonchev–Trinajstić information content (AvgIpc) is 1.62. The molecule has 4 heterocycles. The smallest absolute Gasteiger partial charge is 0.422 e. The van der Waals surface area contributed by atoms with Crippen LogP contribution in [0, 0.1) is 13.8 Å². The molecule has 0 saturated heterocycles. The number of nitrogens with zero attached hydrogens (tertiary/aromatic N) is 4. The number of amides is 3.